The number of aryl methyl sites for hydroxylation is 1. The topological polar surface area (TPSA) is 112 Å². The number of carbonyl (C=O) groups is 3. The van der Waals surface area contributed by atoms with E-state index in [-0.39, 0.29) is 36.2 Å². The molecule has 0 aliphatic carbocycles. The number of unbranched alkanes of at least 4 members (excludes halogenated alkanes) is 1. The Morgan fingerprint density at radius 2 is 1.95 bits per heavy atom. The predicted molar refractivity (Wildman–Crippen MR) is 152 cm³/mol. The molecule has 0 bridgehead atoms. The molecule has 2 amide bonds. The molecule has 3 atom stereocenters. The highest BCUT2D eigenvalue weighted by Gasteiger charge is 2.34. The molecular formula is C28H50N4O5S. The predicted octanol–water partition coefficient (Wildman–Crippen LogP) is 4.81. The van der Waals surface area contributed by atoms with E-state index in [1.807, 2.05) is 20.9 Å². The zero-order valence-electron chi connectivity index (χ0n) is 24.3. The van der Waals surface area contributed by atoms with E-state index in [9.17, 15) is 14.4 Å². The van der Waals surface area contributed by atoms with E-state index in [1.165, 1.54) is 23.1 Å². The van der Waals surface area contributed by atoms with Crippen LogP contribution in [-0.4, -0.2) is 83.2 Å². The van der Waals surface area contributed by atoms with Crippen molar-refractivity contribution in [2.75, 3.05) is 33.5 Å². The van der Waals surface area contributed by atoms with Gasteiger partial charge in [0.05, 0.1) is 11.0 Å². The Balaban J connectivity index is 0.00000229. The summed E-state index contributed by atoms with van der Waals surface area (Å²) in [7, 11) is 1.96. The Morgan fingerprint density at radius 1 is 1.24 bits per heavy atom. The number of thiazole rings is 1. The quantitative estimate of drug-likeness (QED) is 0.236. The molecule has 1 aromatic rings. The highest BCUT2D eigenvalue weighted by molar-refractivity contribution is 7.09. The lowest BCUT2D eigenvalue weighted by Gasteiger charge is -2.35. The molecule has 2 rings (SSSR count). The average molecular weight is 555 g/mol. The van der Waals surface area contributed by atoms with Crippen molar-refractivity contribution in [3.05, 3.63) is 16.1 Å². The summed E-state index contributed by atoms with van der Waals surface area (Å²) in [5, 5.41) is 14.4. The van der Waals surface area contributed by atoms with Crippen LogP contribution in [0, 0.1) is 5.92 Å². The van der Waals surface area contributed by atoms with Gasteiger partial charge in [-0.3, -0.25) is 14.5 Å². The van der Waals surface area contributed by atoms with Crippen LogP contribution in [-0.2, 0) is 20.7 Å². The third-order valence-corrected chi connectivity index (χ3v) is 7.55. The van der Waals surface area contributed by atoms with Gasteiger partial charge in [0.1, 0.15) is 12.8 Å². The van der Waals surface area contributed by atoms with Crippen molar-refractivity contribution in [2.45, 2.75) is 104 Å². The van der Waals surface area contributed by atoms with Gasteiger partial charge in [-0.25, -0.2) is 9.78 Å². The van der Waals surface area contributed by atoms with Crippen LogP contribution < -0.4 is 5.32 Å². The second-order valence-electron chi connectivity index (χ2n) is 10.1. The van der Waals surface area contributed by atoms with Crippen LogP contribution in [0.4, 0.5) is 0 Å². The van der Waals surface area contributed by atoms with E-state index in [4.69, 9.17) is 9.84 Å². The fourth-order valence-electron chi connectivity index (χ4n) is 4.14. The molecule has 3 unspecified atom stereocenters. The van der Waals surface area contributed by atoms with Crippen LogP contribution in [0.15, 0.2) is 5.38 Å². The molecule has 2 N–H and O–H groups in total. The van der Waals surface area contributed by atoms with E-state index in [2.05, 4.69) is 36.0 Å². The van der Waals surface area contributed by atoms with E-state index >= 15 is 0 Å². The van der Waals surface area contributed by atoms with Gasteiger partial charge in [0.15, 0.2) is 5.69 Å². The van der Waals surface area contributed by atoms with Crippen LogP contribution in [0.3, 0.4) is 0 Å². The van der Waals surface area contributed by atoms with Gasteiger partial charge in [-0.2, -0.15) is 0 Å². The van der Waals surface area contributed by atoms with Gasteiger partial charge in [0, 0.05) is 25.0 Å². The molecule has 218 valence electrons. The van der Waals surface area contributed by atoms with Crippen molar-refractivity contribution in [3.63, 3.8) is 0 Å². The second kappa shape index (κ2) is 19.1. The first kappa shape index (κ1) is 34.0. The monoisotopic (exact) mass is 554 g/mol. The minimum absolute atomic E-state index is 0.0180. The molecule has 1 aliphatic rings. The first-order chi connectivity index (χ1) is 18.2. The number of hydrogen-bond donors (Lipinski definition) is 2. The van der Waals surface area contributed by atoms with Gasteiger partial charge in [-0.15, -0.1) is 11.3 Å². The van der Waals surface area contributed by atoms with Gasteiger partial charge < -0.3 is 20.1 Å². The van der Waals surface area contributed by atoms with Crippen molar-refractivity contribution in [2.24, 2.45) is 5.92 Å². The maximum absolute atomic E-state index is 13.7. The summed E-state index contributed by atoms with van der Waals surface area (Å²) in [6, 6.07) is -0.818. The number of ether oxygens (including phenoxy) is 1. The van der Waals surface area contributed by atoms with E-state index in [0.29, 0.717) is 26.0 Å². The number of nitrogens with one attached hydrogen (secondary N) is 1. The maximum Gasteiger partial charge on any atom is 0.355 e. The number of rotatable bonds is 15. The summed E-state index contributed by atoms with van der Waals surface area (Å²) in [6.07, 6.45) is 8.04. The minimum atomic E-state index is -1.04. The number of aromatic nitrogens is 1. The smallest absolute Gasteiger partial charge is 0.355 e. The van der Waals surface area contributed by atoms with Crippen LogP contribution >= 0.6 is 11.3 Å². The third-order valence-electron chi connectivity index (χ3n) is 6.64. The zero-order valence-corrected chi connectivity index (χ0v) is 25.1. The van der Waals surface area contributed by atoms with Gasteiger partial charge in [0.2, 0.25) is 11.8 Å². The molecular weight excluding hydrogens is 504 g/mol. The molecule has 2 heterocycles. The third kappa shape index (κ3) is 11.8. The summed E-state index contributed by atoms with van der Waals surface area (Å²) >= 11 is 1.31. The molecule has 9 nitrogen and oxygen atoms in total. The molecule has 0 radical (unpaired) electrons. The van der Waals surface area contributed by atoms with Gasteiger partial charge in [-0.1, -0.05) is 60.3 Å². The SMILES string of the molecule is CCC.CCCCOCN(CCCc1nc(C(=O)O)cs1)C(=O)C(NC(=O)C1CCCCN1C)C(C)CC. The van der Waals surface area contributed by atoms with E-state index in [0.717, 1.165) is 50.1 Å². The molecule has 0 aromatic carbocycles. The number of piperidine rings is 1. The molecule has 0 spiro atoms. The number of carbonyl (C=O) groups excluding carboxylic acids is 2. The Labute approximate surface area is 233 Å². The Bertz CT molecular complexity index is 834. The first-order valence-electron chi connectivity index (χ1n) is 14.2. The number of nitrogens with zero attached hydrogens (tertiary/aromatic N) is 3. The fourth-order valence-corrected chi connectivity index (χ4v) is 4.95. The molecule has 1 saturated heterocycles. The van der Waals surface area contributed by atoms with Crippen molar-refractivity contribution < 1.29 is 24.2 Å². The van der Waals surface area contributed by atoms with Crippen molar-refractivity contribution in [1.82, 2.24) is 20.1 Å². The van der Waals surface area contributed by atoms with Gasteiger partial charge in [-0.05, 0) is 45.2 Å². The molecule has 10 heteroatoms. The summed E-state index contributed by atoms with van der Waals surface area (Å²) in [5.74, 6) is -1.27. The number of carboxylic acids is 1. The van der Waals surface area contributed by atoms with Crippen LogP contribution in [0.25, 0.3) is 0 Å². The lowest BCUT2D eigenvalue weighted by Crippen LogP contribution is -2.57. The number of likely N-dealkylation sites (tertiary alicyclic amines) is 1. The largest absolute Gasteiger partial charge is 0.476 e. The normalized spacial score (nSPS) is 17.2. The summed E-state index contributed by atoms with van der Waals surface area (Å²) in [4.78, 5) is 45.8. The Hall–Kier alpha value is -2.04. The highest BCUT2D eigenvalue weighted by Crippen LogP contribution is 2.18. The van der Waals surface area contributed by atoms with Crippen LogP contribution in [0.1, 0.15) is 101 Å². The molecule has 1 aromatic heterocycles. The number of hydrogen-bond acceptors (Lipinski definition) is 7. The minimum Gasteiger partial charge on any atom is -0.476 e. The Kier molecular flexibility index (Phi) is 17.1. The maximum atomic E-state index is 13.7. The van der Waals surface area contributed by atoms with E-state index < -0.39 is 12.0 Å². The number of amides is 2. The molecule has 1 fully saturated rings. The van der Waals surface area contributed by atoms with E-state index in [1.54, 1.807) is 4.90 Å². The fraction of sp³-hybridized carbons (Fsp3) is 0.786. The lowest BCUT2D eigenvalue weighted by molar-refractivity contribution is -0.144. The zero-order chi connectivity index (χ0) is 28.5. The van der Waals surface area contributed by atoms with Crippen molar-refractivity contribution in [3.8, 4) is 0 Å². The van der Waals surface area contributed by atoms with Crippen LogP contribution in [0.2, 0.25) is 0 Å². The summed E-state index contributed by atoms with van der Waals surface area (Å²) in [6.45, 7) is 12.4. The van der Waals surface area contributed by atoms with Gasteiger partial charge >= 0.3 is 5.97 Å². The summed E-state index contributed by atoms with van der Waals surface area (Å²) in [5.41, 5.74) is 0.0491. The second-order valence-corrected chi connectivity index (χ2v) is 11.0. The molecule has 1 aliphatic heterocycles. The van der Waals surface area contributed by atoms with Crippen LogP contribution in [0.5, 0.6) is 0 Å². The molecule has 0 saturated carbocycles. The van der Waals surface area contributed by atoms with Gasteiger partial charge in [0.25, 0.3) is 0 Å². The number of aromatic carboxylic acids is 1. The average Bonchev–Trinajstić information content (AvgIpc) is 3.38. The van der Waals surface area contributed by atoms with Crippen molar-refractivity contribution in [1.29, 1.82) is 0 Å². The number of likely N-dealkylation sites (N-methyl/N-ethyl adjacent to an activating group) is 1. The lowest BCUT2D eigenvalue weighted by atomic mass is 9.96. The summed E-state index contributed by atoms with van der Waals surface area (Å²) < 4.78 is 5.79. The van der Waals surface area contributed by atoms with Crippen molar-refractivity contribution >= 4 is 29.1 Å². The first-order valence-corrected chi connectivity index (χ1v) is 15.1. The number of carboxylic acid groups (broad SMARTS) is 1. The standard InChI is InChI=1S/C25H42N4O5S.C3H8/c1-5-7-15-34-17-29(14-10-12-21-26-19(16-35-21)25(32)33)24(31)22(18(3)6-2)27-23(30)20-11-8-9-13-28(20)4;1-3-2/h16,18,20,22H,5-15,17H2,1-4H3,(H,27,30)(H,32,33);3H2,1-2H3. The Morgan fingerprint density at radius 3 is 2.53 bits per heavy atom. The molecule has 38 heavy (non-hydrogen) atoms. The highest BCUT2D eigenvalue weighted by atomic mass is 32.1.